The molecule has 1 N–H and O–H groups in total. The van der Waals surface area contributed by atoms with Gasteiger partial charge in [0, 0.05) is 11.3 Å². The number of fused-ring (bicyclic) bond motifs is 1. The number of benzene rings is 4. The lowest BCUT2D eigenvalue weighted by atomic mass is 9.94. The number of nitrogens with zero attached hydrogens (tertiary/aromatic N) is 1. The van der Waals surface area contributed by atoms with Crippen LogP contribution in [0.1, 0.15) is 104 Å². The molecule has 0 aromatic heterocycles. The molecular formula is C38H51FN2. The Morgan fingerprint density at radius 1 is 0.780 bits per heavy atom. The van der Waals surface area contributed by atoms with Crippen LogP contribution in [-0.2, 0) is 5.67 Å². The quantitative estimate of drug-likeness (QED) is 0.186. The average molecular weight is 555 g/mol. The molecule has 0 aliphatic rings. The lowest BCUT2D eigenvalue weighted by Gasteiger charge is -2.19. The summed E-state index contributed by atoms with van der Waals surface area (Å²) in [7, 11) is 0. The third kappa shape index (κ3) is 10.6. The molecule has 0 saturated heterocycles. The van der Waals surface area contributed by atoms with E-state index in [2.05, 4.69) is 79.8 Å². The van der Waals surface area contributed by atoms with Gasteiger partial charge in [-0.2, -0.15) is 0 Å². The standard InChI is InChI=1S/C31H31FN2.C3H8.2C2H6/c1-5-29(28-17-11-15-23-12-9-10-16-27(23)28)33-22(2)34-30(24-13-7-6-8-14-24)25-18-20-26(21-19-25)31(3,4)32;1-3-2;2*1-2/h5-21,30H,1-4H3,(H,33,34);3H2,1-2H3;2*1-2H3/b29-5-;;;. The number of hydrogen-bond acceptors (Lipinski definition) is 1. The van der Waals surface area contributed by atoms with Crippen LogP contribution in [0.5, 0.6) is 0 Å². The molecule has 0 spiro atoms. The molecule has 3 heteroatoms. The Morgan fingerprint density at radius 3 is 1.85 bits per heavy atom. The Hall–Kier alpha value is -3.72. The summed E-state index contributed by atoms with van der Waals surface area (Å²) >= 11 is 0. The molecule has 0 bridgehead atoms. The van der Waals surface area contributed by atoms with Gasteiger partial charge in [0.25, 0.3) is 0 Å². The van der Waals surface area contributed by atoms with Crippen molar-refractivity contribution in [2.45, 2.75) is 87.4 Å². The van der Waals surface area contributed by atoms with E-state index in [1.807, 2.05) is 84.0 Å². The molecule has 0 saturated carbocycles. The number of alkyl halides is 1. The topological polar surface area (TPSA) is 24.4 Å². The van der Waals surface area contributed by atoms with E-state index in [-0.39, 0.29) is 6.04 Å². The van der Waals surface area contributed by atoms with Gasteiger partial charge in [-0.1, -0.05) is 151 Å². The summed E-state index contributed by atoms with van der Waals surface area (Å²) in [4.78, 5) is 5.07. The summed E-state index contributed by atoms with van der Waals surface area (Å²) in [6, 6.07) is 32.4. The van der Waals surface area contributed by atoms with Crippen LogP contribution in [0.15, 0.2) is 108 Å². The van der Waals surface area contributed by atoms with Gasteiger partial charge in [0.1, 0.15) is 11.7 Å². The van der Waals surface area contributed by atoms with Gasteiger partial charge in [-0.05, 0) is 55.2 Å². The number of allylic oxidation sites excluding steroid dienone is 1. The molecule has 1 atom stereocenters. The second-order valence-corrected chi connectivity index (χ2v) is 9.68. The zero-order valence-electron chi connectivity index (χ0n) is 26.9. The maximum atomic E-state index is 14.4. The molecule has 2 nitrogen and oxygen atoms in total. The largest absolute Gasteiger partial charge is 0.344 e. The second kappa shape index (κ2) is 18.6. The third-order valence-electron chi connectivity index (χ3n) is 6.03. The predicted octanol–water partition coefficient (Wildman–Crippen LogP) is 11.7. The van der Waals surface area contributed by atoms with Crippen LogP contribution in [-0.4, -0.2) is 5.84 Å². The highest BCUT2D eigenvalue weighted by atomic mass is 19.1. The fourth-order valence-electron chi connectivity index (χ4n) is 4.21. The minimum Gasteiger partial charge on any atom is -0.344 e. The summed E-state index contributed by atoms with van der Waals surface area (Å²) < 4.78 is 14.4. The molecule has 0 aliphatic heterocycles. The normalized spacial score (nSPS) is 12.1. The number of rotatable bonds is 6. The molecule has 0 radical (unpaired) electrons. The van der Waals surface area contributed by atoms with Crippen LogP contribution in [0.3, 0.4) is 0 Å². The van der Waals surface area contributed by atoms with Gasteiger partial charge in [-0.25, -0.2) is 4.39 Å². The highest BCUT2D eigenvalue weighted by molar-refractivity contribution is 5.98. The minimum atomic E-state index is -1.37. The third-order valence-corrected chi connectivity index (χ3v) is 6.03. The molecule has 4 aromatic carbocycles. The van der Waals surface area contributed by atoms with E-state index < -0.39 is 5.67 Å². The average Bonchev–Trinajstić information content (AvgIpc) is 3.01. The van der Waals surface area contributed by atoms with Gasteiger partial charge < -0.3 is 5.32 Å². The number of amidine groups is 1. The fourth-order valence-corrected chi connectivity index (χ4v) is 4.21. The van der Waals surface area contributed by atoms with Crippen molar-refractivity contribution in [3.63, 3.8) is 0 Å². The highest BCUT2D eigenvalue weighted by Crippen LogP contribution is 2.30. The monoisotopic (exact) mass is 554 g/mol. The van der Waals surface area contributed by atoms with Crippen molar-refractivity contribution in [3.8, 4) is 0 Å². The van der Waals surface area contributed by atoms with E-state index in [1.54, 1.807) is 13.8 Å². The van der Waals surface area contributed by atoms with Crippen molar-refractivity contribution >= 4 is 22.3 Å². The number of nitrogens with one attached hydrogen (secondary N) is 1. The van der Waals surface area contributed by atoms with Gasteiger partial charge in [-0.15, -0.1) is 0 Å². The van der Waals surface area contributed by atoms with Crippen molar-refractivity contribution in [2.75, 3.05) is 0 Å². The van der Waals surface area contributed by atoms with Gasteiger partial charge in [-0.3, -0.25) is 4.99 Å². The van der Waals surface area contributed by atoms with E-state index >= 15 is 0 Å². The summed E-state index contributed by atoms with van der Waals surface area (Å²) in [5.41, 5.74) is 3.55. The lowest BCUT2D eigenvalue weighted by molar-refractivity contribution is 0.221. The molecule has 1 unspecified atom stereocenters. The smallest absolute Gasteiger partial charge is 0.130 e. The van der Waals surface area contributed by atoms with Crippen molar-refractivity contribution in [1.82, 2.24) is 5.32 Å². The molecule has 0 heterocycles. The van der Waals surface area contributed by atoms with Crippen LogP contribution < -0.4 is 5.32 Å². The summed E-state index contributed by atoms with van der Waals surface area (Å²) in [5.74, 6) is 0.810. The fraction of sp³-hybridized carbons (Fsp3) is 0.342. The van der Waals surface area contributed by atoms with Crippen molar-refractivity contribution < 1.29 is 4.39 Å². The molecule has 4 aromatic rings. The molecule has 0 fully saturated rings. The van der Waals surface area contributed by atoms with Crippen LogP contribution in [0.4, 0.5) is 4.39 Å². The molecule has 4 rings (SSSR count). The first-order chi connectivity index (χ1) is 19.8. The van der Waals surface area contributed by atoms with Gasteiger partial charge >= 0.3 is 0 Å². The van der Waals surface area contributed by atoms with Crippen LogP contribution in [0.2, 0.25) is 0 Å². The Bertz CT molecular complexity index is 1330. The summed E-state index contributed by atoms with van der Waals surface area (Å²) in [5, 5.41) is 5.93. The number of halogens is 1. The van der Waals surface area contributed by atoms with E-state index in [4.69, 9.17) is 4.99 Å². The molecule has 220 valence electrons. The number of aliphatic imine (C=N–C) groups is 1. The van der Waals surface area contributed by atoms with Crippen molar-refractivity contribution in [2.24, 2.45) is 4.99 Å². The molecule has 41 heavy (non-hydrogen) atoms. The first kappa shape index (κ1) is 35.3. The lowest BCUT2D eigenvalue weighted by Crippen LogP contribution is -2.20. The minimum absolute atomic E-state index is 0.198. The Morgan fingerprint density at radius 2 is 1.29 bits per heavy atom. The zero-order valence-corrected chi connectivity index (χ0v) is 26.9. The highest BCUT2D eigenvalue weighted by Gasteiger charge is 2.20. The maximum absolute atomic E-state index is 14.4. The summed E-state index contributed by atoms with van der Waals surface area (Å²) in [6.07, 6.45) is 3.33. The van der Waals surface area contributed by atoms with Crippen LogP contribution in [0, 0.1) is 0 Å². The van der Waals surface area contributed by atoms with Gasteiger partial charge in [0.05, 0.1) is 5.84 Å². The SMILES string of the molecule is C/C=C(\NC(C)=NC(c1ccccc1)c1ccc(C(C)(C)F)cc1)c1cccc2ccccc12.CC.CC.CCC. The van der Waals surface area contributed by atoms with Crippen molar-refractivity contribution in [3.05, 3.63) is 125 Å². The van der Waals surface area contributed by atoms with Gasteiger partial charge in [0.15, 0.2) is 0 Å². The number of hydrogen-bond donors (Lipinski definition) is 1. The summed E-state index contributed by atoms with van der Waals surface area (Å²) in [6.45, 7) is 19.4. The van der Waals surface area contributed by atoms with Crippen LogP contribution in [0.25, 0.3) is 16.5 Å². The van der Waals surface area contributed by atoms with Crippen LogP contribution >= 0.6 is 0 Å². The predicted molar refractivity (Wildman–Crippen MR) is 181 cm³/mol. The van der Waals surface area contributed by atoms with Crippen molar-refractivity contribution in [1.29, 1.82) is 0 Å². The van der Waals surface area contributed by atoms with E-state index in [0.717, 1.165) is 28.2 Å². The first-order valence-corrected chi connectivity index (χ1v) is 15.1. The Kier molecular flexibility index (Phi) is 16.0. The maximum Gasteiger partial charge on any atom is 0.130 e. The Labute approximate surface area is 249 Å². The second-order valence-electron chi connectivity index (χ2n) is 9.68. The first-order valence-electron chi connectivity index (χ1n) is 15.1. The zero-order chi connectivity index (χ0) is 30.8. The van der Waals surface area contributed by atoms with E-state index in [9.17, 15) is 4.39 Å². The molecule has 0 aliphatic carbocycles. The van der Waals surface area contributed by atoms with Gasteiger partial charge in [0.2, 0.25) is 0 Å². The Balaban J connectivity index is 0.00000110. The van der Waals surface area contributed by atoms with E-state index in [1.165, 1.54) is 17.2 Å². The molecular weight excluding hydrogens is 503 g/mol. The van der Waals surface area contributed by atoms with E-state index in [0.29, 0.717) is 5.56 Å². The molecule has 0 amide bonds.